The van der Waals surface area contributed by atoms with Gasteiger partial charge in [0, 0.05) is 23.7 Å². The number of para-hydroxylation sites is 2. The zero-order chi connectivity index (χ0) is 15.8. The molecule has 1 saturated heterocycles. The van der Waals surface area contributed by atoms with Gasteiger partial charge in [0.15, 0.2) is 0 Å². The standard InChI is InChI=1S/C20H21NO2/c1-14-8-6-7-13-21(14)20(22)19-15-9-2-4-11-17(15)23-18-12-5-3-10-16(18)19/h2-5,9-12,14,19H,6-8,13H2,1H3/t14-/m0/s1. The topological polar surface area (TPSA) is 29.5 Å². The fourth-order valence-electron chi connectivity index (χ4n) is 3.77. The van der Waals surface area contributed by atoms with Crippen LogP contribution in [0.2, 0.25) is 0 Å². The monoisotopic (exact) mass is 307 g/mol. The van der Waals surface area contributed by atoms with Crippen molar-refractivity contribution >= 4 is 5.91 Å². The number of benzene rings is 2. The molecular weight excluding hydrogens is 286 g/mol. The predicted octanol–water partition coefficient (Wildman–Crippen LogP) is 4.33. The molecule has 0 aromatic heterocycles. The highest BCUT2D eigenvalue weighted by Crippen LogP contribution is 2.45. The first kappa shape index (κ1) is 14.3. The molecule has 0 unspecified atom stereocenters. The minimum absolute atomic E-state index is 0.209. The molecule has 0 N–H and O–H groups in total. The number of amides is 1. The quantitative estimate of drug-likeness (QED) is 0.785. The number of likely N-dealkylation sites (tertiary alicyclic amines) is 1. The van der Waals surface area contributed by atoms with Crippen LogP contribution in [0, 0.1) is 0 Å². The number of carbonyl (C=O) groups is 1. The van der Waals surface area contributed by atoms with Crippen LogP contribution in [0.5, 0.6) is 11.5 Å². The third kappa shape index (κ3) is 2.40. The summed E-state index contributed by atoms with van der Waals surface area (Å²) in [7, 11) is 0. The molecule has 23 heavy (non-hydrogen) atoms. The van der Waals surface area contributed by atoms with E-state index in [2.05, 4.69) is 11.8 Å². The summed E-state index contributed by atoms with van der Waals surface area (Å²) in [4.78, 5) is 15.4. The Morgan fingerprint density at radius 2 is 1.61 bits per heavy atom. The molecule has 3 nitrogen and oxygen atoms in total. The molecule has 2 aliphatic heterocycles. The van der Waals surface area contributed by atoms with Gasteiger partial charge in [-0.05, 0) is 38.3 Å². The van der Waals surface area contributed by atoms with E-state index in [1.807, 2.05) is 48.5 Å². The first-order valence-electron chi connectivity index (χ1n) is 8.42. The number of piperidine rings is 1. The molecule has 0 spiro atoms. The number of carbonyl (C=O) groups excluding carboxylic acids is 1. The van der Waals surface area contributed by atoms with E-state index < -0.39 is 0 Å². The normalized spacial score (nSPS) is 20.4. The van der Waals surface area contributed by atoms with Crippen LogP contribution in [0.15, 0.2) is 48.5 Å². The van der Waals surface area contributed by atoms with Gasteiger partial charge < -0.3 is 9.64 Å². The van der Waals surface area contributed by atoms with Crippen LogP contribution in [-0.2, 0) is 4.79 Å². The second-order valence-corrected chi connectivity index (χ2v) is 6.49. The molecule has 1 amide bonds. The average molecular weight is 307 g/mol. The molecule has 0 radical (unpaired) electrons. The van der Waals surface area contributed by atoms with E-state index in [9.17, 15) is 4.79 Å². The summed E-state index contributed by atoms with van der Waals surface area (Å²) >= 11 is 0. The first-order valence-corrected chi connectivity index (χ1v) is 8.42. The zero-order valence-electron chi connectivity index (χ0n) is 13.4. The molecular formula is C20H21NO2. The van der Waals surface area contributed by atoms with Crippen LogP contribution in [0.1, 0.15) is 43.2 Å². The van der Waals surface area contributed by atoms with Gasteiger partial charge in [-0.2, -0.15) is 0 Å². The Hall–Kier alpha value is -2.29. The zero-order valence-corrected chi connectivity index (χ0v) is 13.4. The van der Waals surface area contributed by atoms with Gasteiger partial charge in [0.05, 0.1) is 5.92 Å². The average Bonchev–Trinajstić information content (AvgIpc) is 2.59. The van der Waals surface area contributed by atoms with Crippen molar-refractivity contribution < 1.29 is 9.53 Å². The van der Waals surface area contributed by atoms with Crippen molar-refractivity contribution in [3.05, 3.63) is 59.7 Å². The highest BCUT2D eigenvalue weighted by Gasteiger charge is 2.36. The molecule has 0 saturated carbocycles. The Morgan fingerprint density at radius 3 is 2.22 bits per heavy atom. The van der Waals surface area contributed by atoms with Gasteiger partial charge in [-0.15, -0.1) is 0 Å². The summed E-state index contributed by atoms with van der Waals surface area (Å²) in [6, 6.07) is 16.1. The predicted molar refractivity (Wildman–Crippen MR) is 89.8 cm³/mol. The minimum Gasteiger partial charge on any atom is -0.457 e. The van der Waals surface area contributed by atoms with Gasteiger partial charge in [-0.3, -0.25) is 4.79 Å². The molecule has 0 aliphatic carbocycles. The van der Waals surface area contributed by atoms with Crippen LogP contribution >= 0.6 is 0 Å². The summed E-state index contributed by atoms with van der Waals surface area (Å²) in [6.07, 6.45) is 3.41. The van der Waals surface area contributed by atoms with E-state index in [-0.39, 0.29) is 11.8 Å². The van der Waals surface area contributed by atoms with E-state index in [4.69, 9.17) is 4.74 Å². The van der Waals surface area contributed by atoms with Crippen molar-refractivity contribution in [1.29, 1.82) is 0 Å². The van der Waals surface area contributed by atoms with Crippen LogP contribution in [-0.4, -0.2) is 23.4 Å². The van der Waals surface area contributed by atoms with E-state index in [0.717, 1.165) is 42.0 Å². The minimum atomic E-state index is -0.253. The maximum Gasteiger partial charge on any atom is 0.235 e. The van der Waals surface area contributed by atoms with Crippen LogP contribution in [0.4, 0.5) is 0 Å². The lowest BCUT2D eigenvalue weighted by Crippen LogP contribution is -2.45. The van der Waals surface area contributed by atoms with Gasteiger partial charge in [-0.25, -0.2) is 0 Å². The van der Waals surface area contributed by atoms with Gasteiger partial charge in [-0.1, -0.05) is 36.4 Å². The fraction of sp³-hybridized carbons (Fsp3) is 0.350. The number of ether oxygens (including phenoxy) is 1. The third-order valence-corrected chi connectivity index (χ3v) is 5.01. The molecule has 118 valence electrons. The first-order chi connectivity index (χ1) is 11.3. The molecule has 1 fully saturated rings. The number of nitrogens with zero attached hydrogens (tertiary/aromatic N) is 1. The van der Waals surface area contributed by atoms with Crippen molar-refractivity contribution in [1.82, 2.24) is 4.90 Å². The number of fused-ring (bicyclic) bond motifs is 2. The number of rotatable bonds is 1. The molecule has 2 aromatic rings. The Morgan fingerprint density at radius 1 is 1.00 bits per heavy atom. The Labute approximate surface area is 136 Å². The van der Waals surface area contributed by atoms with E-state index in [1.165, 1.54) is 6.42 Å². The molecule has 0 bridgehead atoms. The van der Waals surface area contributed by atoms with Crippen molar-refractivity contribution in [3.8, 4) is 11.5 Å². The molecule has 2 aromatic carbocycles. The second-order valence-electron chi connectivity index (χ2n) is 6.49. The summed E-state index contributed by atoms with van der Waals surface area (Å²) in [5.74, 6) is 1.56. The smallest absolute Gasteiger partial charge is 0.235 e. The summed E-state index contributed by atoms with van der Waals surface area (Å²) in [5, 5.41) is 0. The van der Waals surface area contributed by atoms with Crippen molar-refractivity contribution in [2.45, 2.75) is 38.1 Å². The molecule has 4 rings (SSSR count). The Bertz CT molecular complexity index is 694. The maximum absolute atomic E-state index is 13.4. The SMILES string of the molecule is C[C@H]1CCCCN1C(=O)C1c2ccccc2Oc2ccccc21. The van der Waals surface area contributed by atoms with Gasteiger partial charge in [0.25, 0.3) is 0 Å². The molecule has 2 heterocycles. The van der Waals surface area contributed by atoms with Crippen LogP contribution in [0.3, 0.4) is 0 Å². The summed E-state index contributed by atoms with van der Waals surface area (Å²) < 4.78 is 6.00. The lowest BCUT2D eigenvalue weighted by atomic mass is 9.86. The summed E-state index contributed by atoms with van der Waals surface area (Å²) in [5.41, 5.74) is 1.96. The van der Waals surface area contributed by atoms with E-state index in [0.29, 0.717) is 6.04 Å². The Kier molecular flexibility index (Phi) is 3.56. The fourth-order valence-corrected chi connectivity index (χ4v) is 3.77. The maximum atomic E-state index is 13.4. The third-order valence-electron chi connectivity index (χ3n) is 5.01. The second kappa shape index (κ2) is 5.73. The largest absolute Gasteiger partial charge is 0.457 e. The van der Waals surface area contributed by atoms with Crippen LogP contribution < -0.4 is 4.74 Å². The van der Waals surface area contributed by atoms with E-state index >= 15 is 0 Å². The highest BCUT2D eigenvalue weighted by atomic mass is 16.5. The molecule has 1 atom stereocenters. The van der Waals surface area contributed by atoms with Crippen LogP contribution in [0.25, 0.3) is 0 Å². The van der Waals surface area contributed by atoms with E-state index in [1.54, 1.807) is 0 Å². The van der Waals surface area contributed by atoms with Crippen molar-refractivity contribution in [2.24, 2.45) is 0 Å². The Balaban J connectivity index is 1.79. The van der Waals surface area contributed by atoms with Gasteiger partial charge in [0.2, 0.25) is 5.91 Å². The van der Waals surface area contributed by atoms with Gasteiger partial charge >= 0.3 is 0 Å². The van der Waals surface area contributed by atoms with Gasteiger partial charge in [0.1, 0.15) is 11.5 Å². The molecule has 3 heteroatoms. The summed E-state index contributed by atoms with van der Waals surface area (Å²) in [6.45, 7) is 3.02. The van der Waals surface area contributed by atoms with Crippen molar-refractivity contribution in [2.75, 3.05) is 6.54 Å². The number of hydrogen-bond acceptors (Lipinski definition) is 2. The highest BCUT2D eigenvalue weighted by molar-refractivity contribution is 5.90. The molecule has 2 aliphatic rings. The number of hydrogen-bond donors (Lipinski definition) is 0. The lowest BCUT2D eigenvalue weighted by Gasteiger charge is -2.37. The van der Waals surface area contributed by atoms with Crippen molar-refractivity contribution in [3.63, 3.8) is 0 Å². The lowest BCUT2D eigenvalue weighted by molar-refractivity contribution is -0.135.